The number of rotatable bonds is 14. The van der Waals surface area contributed by atoms with Crippen molar-refractivity contribution < 1.29 is 44.1 Å². The lowest BCUT2D eigenvalue weighted by Gasteiger charge is -2.24. The highest BCUT2D eigenvalue weighted by atomic mass is 16.4. The number of primary amides is 1. The average Bonchev–Trinajstić information content (AvgIpc) is 2.66. The van der Waals surface area contributed by atoms with Gasteiger partial charge in [0, 0.05) is 6.42 Å². The average molecular weight is 447 g/mol. The predicted molar refractivity (Wildman–Crippen MR) is 104 cm³/mol. The molecule has 176 valence electrons. The number of aliphatic hydroxyl groups is 1. The monoisotopic (exact) mass is 447 g/mol. The summed E-state index contributed by atoms with van der Waals surface area (Å²) in [5.74, 6) is -6.98. The third-order valence-electron chi connectivity index (χ3n) is 4.09. The van der Waals surface area contributed by atoms with Crippen LogP contribution in [0.15, 0.2) is 0 Å². The summed E-state index contributed by atoms with van der Waals surface area (Å²) in [5, 5.41) is 33.6. The van der Waals surface area contributed by atoms with Gasteiger partial charge in [-0.25, -0.2) is 4.79 Å². The van der Waals surface area contributed by atoms with E-state index in [2.05, 4.69) is 16.0 Å². The molecule has 4 unspecified atom stereocenters. The van der Waals surface area contributed by atoms with Crippen LogP contribution >= 0.6 is 0 Å². The highest BCUT2D eigenvalue weighted by molar-refractivity contribution is 5.96. The van der Waals surface area contributed by atoms with Crippen molar-refractivity contribution in [2.45, 2.75) is 57.3 Å². The fourth-order valence-electron chi connectivity index (χ4n) is 2.33. The normalized spacial score (nSPS) is 14.6. The van der Waals surface area contributed by atoms with Crippen LogP contribution in [0.5, 0.6) is 0 Å². The Balaban J connectivity index is 5.24. The third-order valence-corrected chi connectivity index (χ3v) is 4.09. The van der Waals surface area contributed by atoms with Gasteiger partial charge in [0.05, 0.1) is 19.1 Å². The second-order valence-electron chi connectivity index (χ2n) is 7.08. The smallest absolute Gasteiger partial charge is 0.326 e. The van der Waals surface area contributed by atoms with Crippen LogP contribution in [-0.2, 0) is 28.8 Å². The number of nitrogens with one attached hydrogen (secondary N) is 3. The number of carbonyl (C=O) groups excluding carboxylic acids is 4. The predicted octanol–water partition coefficient (Wildman–Crippen LogP) is -3.76. The standard InChI is InChI=1S/C17H29N5O9/c1-7(2)13(17(30)31)22-16(29)10(6-23)21-15(28)9(5-11(19)24)20-14(27)8(18)3-4-12(25)26/h7-10,13,23H,3-6,18H2,1-2H3,(H2,19,24)(H,20,27)(H,21,28)(H,22,29)(H,25,26)(H,30,31). The van der Waals surface area contributed by atoms with Crippen LogP contribution in [0, 0.1) is 5.92 Å². The molecule has 0 aliphatic rings. The number of carbonyl (C=O) groups is 6. The van der Waals surface area contributed by atoms with E-state index in [1.54, 1.807) is 0 Å². The molecule has 0 bridgehead atoms. The summed E-state index contributed by atoms with van der Waals surface area (Å²) in [4.78, 5) is 69.8. The summed E-state index contributed by atoms with van der Waals surface area (Å²) < 4.78 is 0. The Bertz CT molecular complexity index is 697. The van der Waals surface area contributed by atoms with Gasteiger partial charge in [0.25, 0.3) is 0 Å². The maximum atomic E-state index is 12.5. The van der Waals surface area contributed by atoms with Crippen LogP contribution in [0.25, 0.3) is 0 Å². The van der Waals surface area contributed by atoms with E-state index >= 15 is 0 Å². The molecule has 0 spiro atoms. The van der Waals surface area contributed by atoms with Crippen molar-refractivity contribution in [3.63, 3.8) is 0 Å². The topological polar surface area (TPSA) is 251 Å². The van der Waals surface area contributed by atoms with Gasteiger partial charge in [-0.1, -0.05) is 13.8 Å². The molecule has 0 rings (SSSR count). The number of carboxylic acid groups (broad SMARTS) is 2. The van der Waals surface area contributed by atoms with Crippen molar-refractivity contribution in [3.8, 4) is 0 Å². The second kappa shape index (κ2) is 13.1. The van der Waals surface area contributed by atoms with Gasteiger partial charge in [0.1, 0.15) is 18.1 Å². The fraction of sp³-hybridized carbons (Fsp3) is 0.647. The zero-order valence-corrected chi connectivity index (χ0v) is 17.2. The van der Waals surface area contributed by atoms with Crippen molar-refractivity contribution in [3.05, 3.63) is 0 Å². The molecule has 14 heteroatoms. The van der Waals surface area contributed by atoms with Crippen LogP contribution in [-0.4, -0.2) is 81.7 Å². The second-order valence-corrected chi connectivity index (χ2v) is 7.08. The first-order valence-corrected chi connectivity index (χ1v) is 9.30. The number of amides is 4. The molecule has 10 N–H and O–H groups in total. The first-order chi connectivity index (χ1) is 14.3. The van der Waals surface area contributed by atoms with Crippen LogP contribution < -0.4 is 27.4 Å². The molecular formula is C17H29N5O9. The van der Waals surface area contributed by atoms with Crippen LogP contribution in [0.2, 0.25) is 0 Å². The minimum Gasteiger partial charge on any atom is -0.481 e. The third kappa shape index (κ3) is 10.4. The minimum atomic E-state index is -1.58. The number of aliphatic hydroxyl groups excluding tert-OH is 1. The first-order valence-electron chi connectivity index (χ1n) is 9.30. The molecule has 0 aliphatic heterocycles. The quantitative estimate of drug-likeness (QED) is 0.129. The molecule has 0 aromatic heterocycles. The van der Waals surface area contributed by atoms with E-state index in [1.807, 2.05) is 0 Å². The molecule has 0 fully saturated rings. The Morgan fingerprint density at radius 2 is 1.39 bits per heavy atom. The Morgan fingerprint density at radius 1 is 0.871 bits per heavy atom. The number of aliphatic carboxylic acids is 2. The van der Waals surface area contributed by atoms with Crippen molar-refractivity contribution in [1.29, 1.82) is 0 Å². The zero-order chi connectivity index (χ0) is 24.3. The molecule has 14 nitrogen and oxygen atoms in total. The Labute approximate surface area is 177 Å². The van der Waals surface area contributed by atoms with E-state index in [0.717, 1.165) is 0 Å². The van der Waals surface area contributed by atoms with Crippen molar-refractivity contribution in [1.82, 2.24) is 16.0 Å². The summed E-state index contributed by atoms with van der Waals surface area (Å²) in [6, 6.07) is -5.73. The molecule has 4 amide bonds. The van der Waals surface area contributed by atoms with Gasteiger partial charge in [-0.2, -0.15) is 0 Å². The lowest BCUT2D eigenvalue weighted by molar-refractivity contribution is -0.144. The van der Waals surface area contributed by atoms with E-state index in [-0.39, 0.29) is 6.42 Å². The van der Waals surface area contributed by atoms with Crippen LogP contribution in [0.1, 0.15) is 33.1 Å². The largest absolute Gasteiger partial charge is 0.481 e. The molecule has 4 atom stereocenters. The van der Waals surface area contributed by atoms with Gasteiger partial charge in [-0.15, -0.1) is 0 Å². The maximum absolute atomic E-state index is 12.5. The molecule has 0 radical (unpaired) electrons. The Kier molecular flexibility index (Phi) is 11.7. The highest BCUT2D eigenvalue weighted by Gasteiger charge is 2.31. The number of hydrogen-bond acceptors (Lipinski definition) is 8. The summed E-state index contributed by atoms with van der Waals surface area (Å²) in [7, 11) is 0. The van der Waals surface area contributed by atoms with E-state index in [1.165, 1.54) is 13.8 Å². The lowest BCUT2D eigenvalue weighted by Crippen LogP contribution is -2.59. The lowest BCUT2D eigenvalue weighted by atomic mass is 10.0. The van der Waals surface area contributed by atoms with Gasteiger partial charge >= 0.3 is 11.9 Å². The molecule has 0 aromatic rings. The highest BCUT2D eigenvalue weighted by Crippen LogP contribution is 2.03. The molecular weight excluding hydrogens is 418 g/mol. The van der Waals surface area contributed by atoms with E-state index in [9.17, 15) is 33.9 Å². The molecule has 0 aromatic carbocycles. The van der Waals surface area contributed by atoms with E-state index < -0.39 is 85.1 Å². The van der Waals surface area contributed by atoms with Gasteiger partial charge in [-0.3, -0.25) is 24.0 Å². The van der Waals surface area contributed by atoms with Crippen molar-refractivity contribution in [2.75, 3.05) is 6.61 Å². The molecule has 0 heterocycles. The number of nitrogens with two attached hydrogens (primary N) is 2. The SMILES string of the molecule is CC(C)C(NC(=O)C(CO)NC(=O)C(CC(N)=O)NC(=O)C(N)CCC(=O)O)C(=O)O. The fourth-order valence-corrected chi connectivity index (χ4v) is 2.33. The zero-order valence-electron chi connectivity index (χ0n) is 17.2. The summed E-state index contributed by atoms with van der Waals surface area (Å²) in [6.45, 7) is 2.17. The van der Waals surface area contributed by atoms with E-state index in [4.69, 9.17) is 21.7 Å². The van der Waals surface area contributed by atoms with Gasteiger partial charge < -0.3 is 42.7 Å². The molecule has 0 aliphatic carbocycles. The van der Waals surface area contributed by atoms with Gasteiger partial charge in [0.15, 0.2) is 0 Å². The first kappa shape index (κ1) is 27.7. The Hall–Kier alpha value is -3.26. The van der Waals surface area contributed by atoms with Gasteiger partial charge in [-0.05, 0) is 12.3 Å². The Morgan fingerprint density at radius 3 is 1.81 bits per heavy atom. The molecule has 0 saturated carbocycles. The number of carboxylic acids is 2. The summed E-state index contributed by atoms with van der Waals surface area (Å²) in [5.41, 5.74) is 10.6. The molecule has 31 heavy (non-hydrogen) atoms. The number of hydrogen-bond donors (Lipinski definition) is 8. The van der Waals surface area contributed by atoms with Gasteiger partial charge in [0.2, 0.25) is 23.6 Å². The summed E-state index contributed by atoms with van der Waals surface area (Å²) in [6.07, 6.45) is -1.32. The van der Waals surface area contributed by atoms with Crippen LogP contribution in [0.3, 0.4) is 0 Å². The maximum Gasteiger partial charge on any atom is 0.326 e. The molecule has 0 saturated heterocycles. The summed E-state index contributed by atoms with van der Waals surface area (Å²) >= 11 is 0. The van der Waals surface area contributed by atoms with Crippen LogP contribution in [0.4, 0.5) is 0 Å². The van der Waals surface area contributed by atoms with Crippen molar-refractivity contribution in [2.24, 2.45) is 17.4 Å². The van der Waals surface area contributed by atoms with E-state index in [0.29, 0.717) is 0 Å². The van der Waals surface area contributed by atoms with Crippen molar-refractivity contribution >= 4 is 35.6 Å². The minimum absolute atomic E-state index is 0.237.